The van der Waals surface area contributed by atoms with Crippen LogP contribution in [0.25, 0.3) is 10.9 Å². The van der Waals surface area contributed by atoms with Crippen molar-refractivity contribution < 1.29 is 4.79 Å². The Morgan fingerprint density at radius 2 is 1.81 bits per heavy atom. The molecule has 0 fully saturated rings. The summed E-state index contributed by atoms with van der Waals surface area (Å²) in [6.45, 7) is 4.05. The molecule has 0 bridgehead atoms. The van der Waals surface area contributed by atoms with E-state index in [2.05, 4.69) is 25.1 Å². The zero-order valence-corrected chi connectivity index (χ0v) is 12.6. The van der Waals surface area contributed by atoms with E-state index in [-0.39, 0.29) is 11.7 Å². The molecule has 0 aliphatic heterocycles. The molecule has 0 saturated carbocycles. The Bertz CT molecular complexity index is 799. The Hall–Kier alpha value is -2.35. The maximum Gasteiger partial charge on any atom is 0.172 e. The van der Waals surface area contributed by atoms with Crippen LogP contribution >= 0.6 is 0 Å². The molecule has 106 valence electrons. The highest BCUT2D eigenvalue weighted by atomic mass is 16.1. The number of ketones is 1. The Morgan fingerprint density at radius 1 is 1.10 bits per heavy atom. The molecule has 2 nitrogen and oxygen atoms in total. The Labute approximate surface area is 125 Å². The van der Waals surface area contributed by atoms with Gasteiger partial charge in [0, 0.05) is 35.6 Å². The van der Waals surface area contributed by atoms with Gasteiger partial charge in [0.1, 0.15) is 0 Å². The van der Waals surface area contributed by atoms with Gasteiger partial charge in [0.15, 0.2) is 5.78 Å². The van der Waals surface area contributed by atoms with Gasteiger partial charge >= 0.3 is 0 Å². The van der Waals surface area contributed by atoms with Crippen molar-refractivity contribution >= 4 is 16.7 Å². The van der Waals surface area contributed by atoms with Crippen LogP contribution in [0.15, 0.2) is 54.7 Å². The lowest BCUT2D eigenvalue weighted by atomic mass is 9.92. The highest BCUT2D eigenvalue weighted by molar-refractivity contribution is 6.10. The number of rotatable bonds is 3. The lowest BCUT2D eigenvalue weighted by Gasteiger charge is -2.10. The van der Waals surface area contributed by atoms with E-state index in [4.69, 9.17) is 0 Å². The fraction of sp³-hybridized carbons (Fsp3) is 0.211. The van der Waals surface area contributed by atoms with Gasteiger partial charge in [-0.1, -0.05) is 49.4 Å². The zero-order chi connectivity index (χ0) is 15.0. The van der Waals surface area contributed by atoms with Crippen molar-refractivity contribution in [1.29, 1.82) is 0 Å². The van der Waals surface area contributed by atoms with E-state index < -0.39 is 0 Å². The Morgan fingerprint density at radius 3 is 2.52 bits per heavy atom. The second-order valence-electron chi connectivity index (χ2n) is 5.67. The summed E-state index contributed by atoms with van der Waals surface area (Å²) in [6, 6.07) is 16.2. The second-order valence-corrected chi connectivity index (χ2v) is 5.67. The Kier molecular flexibility index (Phi) is 3.38. The molecule has 1 aromatic heterocycles. The smallest absolute Gasteiger partial charge is 0.172 e. The molecule has 0 saturated heterocycles. The molecule has 3 aromatic rings. The van der Waals surface area contributed by atoms with Gasteiger partial charge in [-0.2, -0.15) is 0 Å². The molecule has 2 aromatic carbocycles. The number of Topliss-reactive ketones (excluding diaryl/α,β-unsaturated/α-hetero) is 1. The van der Waals surface area contributed by atoms with E-state index in [1.807, 2.05) is 55.1 Å². The summed E-state index contributed by atoms with van der Waals surface area (Å²) in [7, 11) is 1.99. The lowest BCUT2D eigenvalue weighted by molar-refractivity contribution is 0.0967. The number of hydrogen-bond donors (Lipinski definition) is 0. The topological polar surface area (TPSA) is 22.0 Å². The highest BCUT2D eigenvalue weighted by Crippen LogP contribution is 2.27. The van der Waals surface area contributed by atoms with Gasteiger partial charge in [0.2, 0.25) is 0 Å². The highest BCUT2D eigenvalue weighted by Gasteiger charge is 2.21. The fourth-order valence-electron chi connectivity index (χ4n) is 2.82. The average Bonchev–Trinajstić information content (AvgIpc) is 2.83. The molecule has 21 heavy (non-hydrogen) atoms. The van der Waals surface area contributed by atoms with Crippen LogP contribution in [0.2, 0.25) is 0 Å². The third kappa shape index (κ3) is 2.38. The minimum absolute atomic E-state index is 0.127. The van der Waals surface area contributed by atoms with Crippen LogP contribution in [-0.2, 0) is 7.05 Å². The number of hydrogen-bond acceptors (Lipinski definition) is 1. The van der Waals surface area contributed by atoms with Crippen molar-refractivity contribution in [1.82, 2.24) is 4.57 Å². The van der Waals surface area contributed by atoms with E-state index >= 15 is 0 Å². The standard InChI is InChI=1S/C19H19NO/c1-13-9-10-16-17(12-20(3)18(16)11-13)19(21)14(2)15-7-5-4-6-8-15/h4-12,14H,1-3H3. The van der Waals surface area contributed by atoms with Crippen molar-refractivity contribution in [2.24, 2.45) is 7.05 Å². The summed E-state index contributed by atoms with van der Waals surface area (Å²) < 4.78 is 2.04. The number of carbonyl (C=O) groups is 1. The van der Waals surface area contributed by atoms with Gasteiger partial charge < -0.3 is 4.57 Å². The quantitative estimate of drug-likeness (QED) is 0.647. The Balaban J connectivity index is 2.06. The van der Waals surface area contributed by atoms with Crippen LogP contribution in [0.4, 0.5) is 0 Å². The molecule has 0 spiro atoms. The first-order valence-corrected chi connectivity index (χ1v) is 7.23. The summed E-state index contributed by atoms with van der Waals surface area (Å²) in [5.41, 5.74) is 4.19. The third-order valence-electron chi connectivity index (χ3n) is 4.10. The van der Waals surface area contributed by atoms with Gasteiger partial charge in [0.25, 0.3) is 0 Å². The number of benzene rings is 2. The number of aromatic nitrogens is 1. The molecule has 1 unspecified atom stereocenters. The molecule has 1 heterocycles. The monoisotopic (exact) mass is 277 g/mol. The first kappa shape index (κ1) is 13.6. The van der Waals surface area contributed by atoms with Crippen LogP contribution in [0, 0.1) is 6.92 Å². The van der Waals surface area contributed by atoms with Gasteiger partial charge in [-0.3, -0.25) is 4.79 Å². The van der Waals surface area contributed by atoms with Crippen molar-refractivity contribution in [2.75, 3.05) is 0 Å². The molecule has 0 aliphatic rings. The minimum atomic E-state index is -0.127. The summed E-state index contributed by atoms with van der Waals surface area (Å²) in [5, 5.41) is 1.04. The fourth-order valence-corrected chi connectivity index (χ4v) is 2.82. The minimum Gasteiger partial charge on any atom is -0.350 e. The van der Waals surface area contributed by atoms with Crippen LogP contribution in [-0.4, -0.2) is 10.4 Å². The van der Waals surface area contributed by atoms with E-state index in [0.29, 0.717) is 0 Å². The number of fused-ring (bicyclic) bond motifs is 1. The molecule has 0 aliphatic carbocycles. The molecule has 1 atom stereocenters. The predicted octanol–water partition coefficient (Wildman–Crippen LogP) is 4.47. The maximum absolute atomic E-state index is 12.8. The van der Waals surface area contributed by atoms with E-state index in [0.717, 1.165) is 22.0 Å². The number of nitrogens with zero attached hydrogens (tertiary/aromatic N) is 1. The lowest BCUT2D eigenvalue weighted by Crippen LogP contribution is -2.09. The van der Waals surface area contributed by atoms with Crippen molar-refractivity contribution in [2.45, 2.75) is 19.8 Å². The van der Waals surface area contributed by atoms with Crippen LogP contribution in [0.1, 0.15) is 34.3 Å². The second kappa shape index (κ2) is 5.21. The molecule has 0 N–H and O–H groups in total. The first-order chi connectivity index (χ1) is 10.1. The van der Waals surface area contributed by atoms with Crippen LogP contribution < -0.4 is 0 Å². The van der Waals surface area contributed by atoms with Crippen LogP contribution in [0.5, 0.6) is 0 Å². The molecular formula is C19H19NO. The summed E-state index contributed by atoms with van der Waals surface area (Å²) in [4.78, 5) is 12.8. The number of aryl methyl sites for hydroxylation is 2. The summed E-state index contributed by atoms with van der Waals surface area (Å²) >= 11 is 0. The number of carbonyl (C=O) groups excluding carboxylic acids is 1. The van der Waals surface area contributed by atoms with E-state index in [1.165, 1.54) is 5.56 Å². The van der Waals surface area contributed by atoms with Crippen molar-refractivity contribution in [3.63, 3.8) is 0 Å². The van der Waals surface area contributed by atoms with Gasteiger partial charge in [-0.25, -0.2) is 0 Å². The van der Waals surface area contributed by atoms with Gasteiger partial charge in [-0.05, 0) is 24.1 Å². The van der Waals surface area contributed by atoms with Crippen LogP contribution in [0.3, 0.4) is 0 Å². The summed E-state index contributed by atoms with van der Waals surface area (Å²) in [5.74, 6) is 0.0498. The van der Waals surface area contributed by atoms with Crippen molar-refractivity contribution in [3.8, 4) is 0 Å². The molecule has 0 radical (unpaired) electrons. The molecule has 3 rings (SSSR count). The largest absolute Gasteiger partial charge is 0.350 e. The SMILES string of the molecule is Cc1ccc2c(C(=O)C(C)c3ccccc3)cn(C)c2c1. The van der Waals surface area contributed by atoms with Crippen molar-refractivity contribution in [3.05, 3.63) is 71.4 Å². The van der Waals surface area contributed by atoms with E-state index in [9.17, 15) is 4.79 Å². The first-order valence-electron chi connectivity index (χ1n) is 7.23. The van der Waals surface area contributed by atoms with Gasteiger partial charge in [-0.15, -0.1) is 0 Å². The molecule has 2 heteroatoms. The third-order valence-corrected chi connectivity index (χ3v) is 4.10. The normalized spacial score (nSPS) is 12.5. The molecular weight excluding hydrogens is 258 g/mol. The molecule has 0 amide bonds. The zero-order valence-electron chi connectivity index (χ0n) is 12.6. The predicted molar refractivity (Wildman–Crippen MR) is 86.8 cm³/mol. The maximum atomic E-state index is 12.8. The van der Waals surface area contributed by atoms with Gasteiger partial charge in [0.05, 0.1) is 0 Å². The average molecular weight is 277 g/mol. The summed E-state index contributed by atoms with van der Waals surface area (Å²) in [6.07, 6.45) is 1.95. The van der Waals surface area contributed by atoms with E-state index in [1.54, 1.807) is 0 Å².